The minimum Gasteiger partial charge on any atom is -0.355 e. The van der Waals surface area contributed by atoms with Crippen molar-refractivity contribution < 1.29 is 4.74 Å². The first-order chi connectivity index (χ1) is 10.8. The van der Waals surface area contributed by atoms with Crippen LogP contribution in [-0.2, 0) is 10.3 Å². The number of hydrogen-bond donors (Lipinski definition) is 1. The Hall–Kier alpha value is -2.04. The van der Waals surface area contributed by atoms with Crippen LogP contribution < -0.4 is 5.73 Å². The molecule has 3 rings (SSSR count). The van der Waals surface area contributed by atoms with Crippen molar-refractivity contribution >= 4 is 5.69 Å². The van der Waals surface area contributed by atoms with Crippen molar-refractivity contribution in [2.45, 2.75) is 25.0 Å². The highest BCUT2D eigenvalue weighted by Crippen LogP contribution is 2.57. The largest absolute Gasteiger partial charge is 0.355 e. The van der Waals surface area contributed by atoms with Gasteiger partial charge in [0.1, 0.15) is 17.4 Å². The molecule has 114 valence electrons. The number of ether oxygens (including phenoxy) is 1. The van der Waals surface area contributed by atoms with E-state index in [-0.39, 0.29) is 12.0 Å². The van der Waals surface area contributed by atoms with Crippen LogP contribution in [0.15, 0.2) is 59.8 Å². The highest BCUT2D eigenvalue weighted by atomic mass is 16.6. The predicted octanol–water partition coefficient (Wildman–Crippen LogP) is 3.71. The molecule has 0 bridgehead atoms. The van der Waals surface area contributed by atoms with E-state index in [1.54, 1.807) is 6.07 Å². The Kier molecular flexibility index (Phi) is 4.05. The van der Waals surface area contributed by atoms with Crippen LogP contribution in [0.2, 0.25) is 0 Å². The first-order valence-corrected chi connectivity index (χ1v) is 7.64. The number of benzene rings is 2. The maximum Gasteiger partial charge on any atom is 0.147 e. The Morgan fingerprint density at radius 3 is 2.50 bits per heavy atom. The van der Waals surface area contributed by atoms with Gasteiger partial charge in [-0.1, -0.05) is 55.5 Å². The molecule has 0 amide bonds. The molecule has 2 aromatic carbocycles. The second-order valence-electron chi connectivity index (χ2n) is 5.65. The van der Waals surface area contributed by atoms with Crippen molar-refractivity contribution in [3.05, 3.63) is 70.6 Å². The molecular weight excluding hydrogens is 276 g/mol. The van der Waals surface area contributed by atoms with Crippen molar-refractivity contribution in [3.63, 3.8) is 0 Å². The molecule has 4 nitrogen and oxygen atoms in total. The molecule has 2 aromatic rings. The van der Waals surface area contributed by atoms with E-state index >= 15 is 0 Å². The molecule has 1 fully saturated rings. The topological polar surface area (TPSA) is 68.0 Å². The second kappa shape index (κ2) is 5.99. The quantitative estimate of drug-likeness (QED) is 0.652. The van der Waals surface area contributed by atoms with E-state index in [4.69, 9.17) is 10.5 Å². The van der Waals surface area contributed by atoms with E-state index in [0.29, 0.717) is 12.2 Å². The molecule has 1 unspecified atom stereocenters. The van der Waals surface area contributed by atoms with Crippen molar-refractivity contribution in [1.29, 1.82) is 0 Å². The smallest absolute Gasteiger partial charge is 0.147 e. The summed E-state index contributed by atoms with van der Waals surface area (Å²) < 4.78 is 6.18. The maximum absolute atomic E-state index is 11.2. The third-order valence-electron chi connectivity index (χ3n) is 4.52. The zero-order valence-electron chi connectivity index (χ0n) is 12.6. The Bertz CT molecular complexity index is 655. The van der Waals surface area contributed by atoms with Crippen molar-refractivity contribution in [2.24, 2.45) is 16.8 Å². The summed E-state index contributed by atoms with van der Waals surface area (Å²) in [5.74, 6) is 0.250. The van der Waals surface area contributed by atoms with Crippen LogP contribution in [0.3, 0.4) is 0 Å². The molecule has 3 atom stereocenters. The average molecular weight is 296 g/mol. The van der Waals surface area contributed by atoms with Gasteiger partial charge in [-0.05, 0) is 29.8 Å². The lowest BCUT2D eigenvalue weighted by atomic mass is 9.82. The Balaban J connectivity index is 2.12. The van der Waals surface area contributed by atoms with Crippen LogP contribution in [0.4, 0.5) is 5.69 Å². The van der Waals surface area contributed by atoms with E-state index in [2.05, 4.69) is 12.1 Å². The van der Waals surface area contributed by atoms with Gasteiger partial charge in [-0.2, -0.15) is 0 Å². The first kappa shape index (κ1) is 14.9. The summed E-state index contributed by atoms with van der Waals surface area (Å²) in [6.07, 6.45) is 0.916. The summed E-state index contributed by atoms with van der Waals surface area (Å²) >= 11 is 0. The fourth-order valence-corrected chi connectivity index (χ4v) is 3.26. The van der Waals surface area contributed by atoms with Crippen LogP contribution in [0, 0.1) is 10.8 Å². The molecular formula is C18H20N2O2. The monoisotopic (exact) mass is 296 g/mol. The molecule has 0 aliphatic carbocycles. The Labute approximate surface area is 130 Å². The summed E-state index contributed by atoms with van der Waals surface area (Å²) in [6, 6.07) is 17.4. The molecule has 0 saturated carbocycles. The molecule has 2 N–H and O–H groups in total. The predicted molar refractivity (Wildman–Crippen MR) is 86.8 cm³/mol. The first-order valence-electron chi connectivity index (χ1n) is 7.64. The SMILES string of the molecule is CCC(CN)[C@@H]1O[C@]1(c1ccccc1)c1ccccc1N=O. The molecule has 1 aliphatic rings. The third-order valence-corrected chi connectivity index (χ3v) is 4.52. The number of rotatable bonds is 6. The minimum atomic E-state index is -0.605. The van der Waals surface area contributed by atoms with E-state index in [1.807, 2.05) is 48.5 Å². The zero-order chi connectivity index (χ0) is 15.6. The van der Waals surface area contributed by atoms with Crippen LogP contribution in [0.1, 0.15) is 24.5 Å². The fourth-order valence-electron chi connectivity index (χ4n) is 3.26. The molecule has 0 radical (unpaired) electrons. The third kappa shape index (κ3) is 2.25. The molecule has 4 heteroatoms. The van der Waals surface area contributed by atoms with Crippen LogP contribution in [0.25, 0.3) is 0 Å². The lowest BCUT2D eigenvalue weighted by molar-refractivity contribution is 0.293. The van der Waals surface area contributed by atoms with Gasteiger partial charge in [0.2, 0.25) is 0 Å². The summed E-state index contributed by atoms with van der Waals surface area (Å²) in [6.45, 7) is 2.67. The lowest BCUT2D eigenvalue weighted by Crippen LogP contribution is -2.25. The van der Waals surface area contributed by atoms with Gasteiger partial charge in [0, 0.05) is 11.5 Å². The molecule has 0 aromatic heterocycles. The van der Waals surface area contributed by atoms with Gasteiger partial charge in [-0.15, -0.1) is 4.91 Å². The van der Waals surface area contributed by atoms with Gasteiger partial charge < -0.3 is 10.5 Å². The van der Waals surface area contributed by atoms with Crippen LogP contribution in [-0.4, -0.2) is 12.6 Å². The molecule has 1 heterocycles. The van der Waals surface area contributed by atoms with E-state index < -0.39 is 5.60 Å². The Morgan fingerprint density at radius 1 is 1.18 bits per heavy atom. The van der Waals surface area contributed by atoms with Crippen LogP contribution >= 0.6 is 0 Å². The van der Waals surface area contributed by atoms with Gasteiger partial charge in [-0.25, -0.2) is 0 Å². The molecule has 1 aliphatic heterocycles. The number of nitrogens with two attached hydrogens (primary N) is 1. The second-order valence-corrected chi connectivity index (χ2v) is 5.65. The maximum atomic E-state index is 11.2. The summed E-state index contributed by atoms with van der Waals surface area (Å²) in [7, 11) is 0. The summed E-state index contributed by atoms with van der Waals surface area (Å²) in [4.78, 5) is 11.2. The van der Waals surface area contributed by atoms with Crippen molar-refractivity contribution in [1.82, 2.24) is 0 Å². The molecule has 1 saturated heterocycles. The van der Waals surface area contributed by atoms with E-state index in [1.165, 1.54) is 0 Å². The van der Waals surface area contributed by atoms with Crippen molar-refractivity contribution in [3.8, 4) is 0 Å². The van der Waals surface area contributed by atoms with Gasteiger partial charge in [0.25, 0.3) is 0 Å². The fraction of sp³-hybridized carbons (Fsp3) is 0.333. The average Bonchev–Trinajstić information content (AvgIpc) is 3.33. The highest BCUT2D eigenvalue weighted by molar-refractivity contribution is 5.56. The van der Waals surface area contributed by atoms with E-state index in [9.17, 15) is 4.91 Å². The molecule has 22 heavy (non-hydrogen) atoms. The van der Waals surface area contributed by atoms with Crippen LogP contribution in [0.5, 0.6) is 0 Å². The highest BCUT2D eigenvalue weighted by Gasteiger charge is 2.62. The Morgan fingerprint density at radius 2 is 1.86 bits per heavy atom. The van der Waals surface area contributed by atoms with Gasteiger partial charge >= 0.3 is 0 Å². The van der Waals surface area contributed by atoms with Gasteiger partial charge in [0.15, 0.2) is 0 Å². The summed E-state index contributed by atoms with van der Waals surface area (Å²) in [5, 5.41) is 3.19. The summed E-state index contributed by atoms with van der Waals surface area (Å²) in [5.41, 5.74) is 7.60. The van der Waals surface area contributed by atoms with Gasteiger partial charge in [-0.3, -0.25) is 0 Å². The number of nitrogens with zero attached hydrogens (tertiary/aromatic N) is 1. The molecule has 0 spiro atoms. The lowest BCUT2D eigenvalue weighted by Gasteiger charge is -2.18. The van der Waals surface area contributed by atoms with Crippen molar-refractivity contribution in [2.75, 3.05) is 6.54 Å². The normalized spacial score (nSPS) is 24.7. The number of nitroso groups, excluding NO2 is 1. The standard InChI is InChI=1S/C18H20N2O2/c1-2-13(12-19)17-18(22-17,14-8-4-3-5-9-14)15-10-6-7-11-16(15)20-21/h3-11,13,17H,2,12,19H2,1H3/t13?,17-,18+/m0/s1. The number of hydrogen-bond acceptors (Lipinski definition) is 4. The van der Waals surface area contributed by atoms with E-state index in [0.717, 1.165) is 17.5 Å². The number of epoxide rings is 1. The minimum absolute atomic E-state index is 0.0206. The van der Waals surface area contributed by atoms with Gasteiger partial charge in [0.05, 0.1) is 0 Å². The zero-order valence-corrected chi connectivity index (χ0v) is 12.6.